The van der Waals surface area contributed by atoms with E-state index in [-0.39, 0.29) is 5.69 Å². The summed E-state index contributed by atoms with van der Waals surface area (Å²) in [5.74, 6) is -0.131. The van der Waals surface area contributed by atoms with Crippen molar-refractivity contribution >= 4 is 28.4 Å². The van der Waals surface area contributed by atoms with Crippen LogP contribution < -0.4 is 10.2 Å². The van der Waals surface area contributed by atoms with Crippen LogP contribution in [0.25, 0.3) is 22.3 Å². The molecule has 2 aliphatic rings. The molecule has 1 saturated carbocycles. The monoisotopic (exact) mass is 500 g/mol. The van der Waals surface area contributed by atoms with Crippen LogP contribution in [0, 0.1) is 5.82 Å². The predicted octanol–water partition coefficient (Wildman–Crippen LogP) is 5.42. The van der Waals surface area contributed by atoms with E-state index < -0.39 is 5.82 Å². The molecular weight excluding hydrogens is 467 g/mol. The normalized spacial score (nSPS) is 17.2. The Morgan fingerprint density at radius 1 is 0.946 bits per heavy atom. The van der Waals surface area contributed by atoms with Gasteiger partial charge in [-0.3, -0.25) is 14.6 Å². The average molecular weight is 501 g/mol. The standard InChI is InChI=1S/C28H33FN8/c1-19(2)35-11-13-36(14-12-35)22-9-7-21(8-10-22)33-28-31-17-24(29)27(34-28)20-15-26-25(30-16-20)18-32-37(26)23-5-3-4-6-23/h7-10,15-19,23H,3-6,11-14H2,1-2H3,(H,31,33,34). The summed E-state index contributed by atoms with van der Waals surface area (Å²) in [5, 5.41) is 7.80. The molecular formula is C28H33FN8. The van der Waals surface area contributed by atoms with E-state index in [1.165, 1.54) is 24.7 Å². The molecule has 2 fully saturated rings. The number of nitrogens with zero attached hydrogens (tertiary/aromatic N) is 7. The maximum Gasteiger partial charge on any atom is 0.227 e. The number of rotatable bonds is 6. The van der Waals surface area contributed by atoms with Crippen LogP contribution in [0.4, 0.5) is 21.7 Å². The summed E-state index contributed by atoms with van der Waals surface area (Å²) >= 11 is 0. The van der Waals surface area contributed by atoms with E-state index in [4.69, 9.17) is 0 Å². The van der Waals surface area contributed by atoms with Crippen molar-refractivity contribution in [3.8, 4) is 11.3 Å². The minimum Gasteiger partial charge on any atom is -0.369 e. The molecule has 1 aromatic carbocycles. The van der Waals surface area contributed by atoms with Gasteiger partial charge < -0.3 is 10.2 Å². The molecule has 1 aliphatic heterocycles. The second-order valence-corrected chi connectivity index (χ2v) is 10.3. The predicted molar refractivity (Wildman–Crippen MR) is 145 cm³/mol. The van der Waals surface area contributed by atoms with Crippen LogP contribution in [0.15, 0.2) is 48.9 Å². The molecule has 0 amide bonds. The first-order chi connectivity index (χ1) is 18.0. The number of halogens is 1. The number of aromatic nitrogens is 5. The molecule has 8 nitrogen and oxygen atoms in total. The number of hydrogen-bond donors (Lipinski definition) is 1. The fourth-order valence-electron chi connectivity index (χ4n) is 5.51. The highest BCUT2D eigenvalue weighted by atomic mass is 19.1. The first-order valence-corrected chi connectivity index (χ1v) is 13.3. The van der Waals surface area contributed by atoms with Gasteiger partial charge in [-0.25, -0.2) is 14.4 Å². The highest BCUT2D eigenvalue weighted by Crippen LogP contribution is 2.33. The van der Waals surface area contributed by atoms with Crippen molar-refractivity contribution in [3.05, 3.63) is 54.7 Å². The molecule has 0 bridgehead atoms. The lowest BCUT2D eigenvalue weighted by atomic mass is 10.1. The number of pyridine rings is 1. The smallest absolute Gasteiger partial charge is 0.227 e. The van der Waals surface area contributed by atoms with Gasteiger partial charge in [0.05, 0.1) is 24.0 Å². The number of anilines is 3. The van der Waals surface area contributed by atoms with Crippen molar-refractivity contribution in [3.63, 3.8) is 0 Å². The zero-order valence-electron chi connectivity index (χ0n) is 21.4. The summed E-state index contributed by atoms with van der Waals surface area (Å²) in [7, 11) is 0. The lowest BCUT2D eigenvalue weighted by molar-refractivity contribution is 0.209. The highest BCUT2D eigenvalue weighted by Gasteiger charge is 2.21. The van der Waals surface area contributed by atoms with Crippen LogP contribution in [-0.2, 0) is 0 Å². The number of fused-ring (bicyclic) bond motifs is 1. The first-order valence-electron chi connectivity index (χ1n) is 13.3. The second-order valence-electron chi connectivity index (χ2n) is 10.3. The van der Waals surface area contributed by atoms with Crippen molar-refractivity contribution in [1.29, 1.82) is 0 Å². The molecule has 0 spiro atoms. The van der Waals surface area contributed by atoms with E-state index in [0.29, 0.717) is 23.6 Å². The van der Waals surface area contributed by atoms with Gasteiger partial charge in [-0.1, -0.05) is 12.8 Å². The number of benzene rings is 1. The lowest BCUT2D eigenvalue weighted by Crippen LogP contribution is -2.48. The summed E-state index contributed by atoms with van der Waals surface area (Å²) < 4.78 is 16.9. The molecule has 1 saturated heterocycles. The molecule has 0 unspecified atom stereocenters. The average Bonchev–Trinajstić information content (AvgIpc) is 3.60. The van der Waals surface area contributed by atoms with Gasteiger partial charge in [0.15, 0.2) is 5.82 Å². The fourth-order valence-corrected chi connectivity index (χ4v) is 5.51. The van der Waals surface area contributed by atoms with Crippen molar-refractivity contribution < 1.29 is 4.39 Å². The lowest BCUT2D eigenvalue weighted by Gasteiger charge is -2.38. The highest BCUT2D eigenvalue weighted by molar-refractivity contribution is 5.80. The largest absolute Gasteiger partial charge is 0.369 e. The second kappa shape index (κ2) is 10.0. The van der Waals surface area contributed by atoms with E-state index in [9.17, 15) is 4.39 Å². The van der Waals surface area contributed by atoms with Gasteiger partial charge in [-0.2, -0.15) is 5.10 Å². The maximum atomic E-state index is 14.8. The summed E-state index contributed by atoms with van der Waals surface area (Å²) in [6.07, 6.45) is 9.31. The Kier molecular flexibility index (Phi) is 6.46. The van der Waals surface area contributed by atoms with Crippen LogP contribution in [-0.4, -0.2) is 61.9 Å². The minimum atomic E-state index is -0.477. The van der Waals surface area contributed by atoms with Crippen LogP contribution >= 0.6 is 0 Å². The van der Waals surface area contributed by atoms with Crippen LogP contribution in [0.2, 0.25) is 0 Å². The third-order valence-electron chi connectivity index (χ3n) is 7.67. The molecule has 0 atom stereocenters. The Morgan fingerprint density at radius 3 is 2.43 bits per heavy atom. The quantitative estimate of drug-likeness (QED) is 0.379. The van der Waals surface area contributed by atoms with Gasteiger partial charge in [0, 0.05) is 55.4 Å². The van der Waals surface area contributed by atoms with E-state index in [1.54, 1.807) is 12.4 Å². The number of nitrogens with one attached hydrogen (secondary N) is 1. The third kappa shape index (κ3) is 4.87. The molecule has 9 heteroatoms. The van der Waals surface area contributed by atoms with E-state index in [2.05, 4.69) is 61.1 Å². The van der Waals surface area contributed by atoms with Crippen LogP contribution in [0.1, 0.15) is 45.6 Å². The van der Waals surface area contributed by atoms with E-state index in [0.717, 1.165) is 55.7 Å². The van der Waals surface area contributed by atoms with Crippen LogP contribution in [0.3, 0.4) is 0 Å². The Morgan fingerprint density at radius 2 is 1.70 bits per heavy atom. The Hall–Kier alpha value is -3.59. The van der Waals surface area contributed by atoms with Gasteiger partial charge in [-0.05, 0) is 57.0 Å². The van der Waals surface area contributed by atoms with E-state index in [1.807, 2.05) is 22.9 Å². The SMILES string of the molecule is CC(C)N1CCN(c2ccc(Nc3ncc(F)c(-c4cnc5cnn(C6CCCC6)c5c4)n3)cc2)CC1. The number of piperazine rings is 1. The molecule has 1 aliphatic carbocycles. The van der Waals surface area contributed by atoms with Gasteiger partial charge in [0.1, 0.15) is 11.2 Å². The topological polar surface area (TPSA) is 75.0 Å². The molecule has 3 aromatic heterocycles. The van der Waals surface area contributed by atoms with Gasteiger partial charge in [0.25, 0.3) is 0 Å². The van der Waals surface area contributed by atoms with Gasteiger partial charge in [0.2, 0.25) is 5.95 Å². The molecule has 0 radical (unpaired) electrons. The molecule has 4 heterocycles. The number of hydrogen-bond acceptors (Lipinski definition) is 7. The van der Waals surface area contributed by atoms with E-state index >= 15 is 0 Å². The zero-order valence-corrected chi connectivity index (χ0v) is 21.4. The molecule has 192 valence electrons. The maximum absolute atomic E-state index is 14.8. The van der Waals surface area contributed by atoms with Crippen molar-refractivity contribution in [1.82, 2.24) is 29.6 Å². The van der Waals surface area contributed by atoms with Crippen molar-refractivity contribution in [2.24, 2.45) is 0 Å². The first kappa shape index (κ1) is 23.8. The van der Waals surface area contributed by atoms with Gasteiger partial charge >= 0.3 is 0 Å². The molecule has 4 aromatic rings. The fraction of sp³-hybridized carbons (Fsp3) is 0.429. The molecule has 37 heavy (non-hydrogen) atoms. The van der Waals surface area contributed by atoms with Crippen LogP contribution in [0.5, 0.6) is 0 Å². The third-order valence-corrected chi connectivity index (χ3v) is 7.67. The molecule has 1 N–H and O–H groups in total. The molecule has 6 rings (SSSR count). The Bertz CT molecular complexity index is 1370. The summed E-state index contributed by atoms with van der Waals surface area (Å²) in [6.45, 7) is 8.69. The minimum absolute atomic E-state index is 0.228. The van der Waals surface area contributed by atoms with Gasteiger partial charge in [-0.15, -0.1) is 0 Å². The summed E-state index contributed by atoms with van der Waals surface area (Å²) in [4.78, 5) is 18.1. The Balaban J connectivity index is 1.20. The van der Waals surface area contributed by atoms with Crippen molar-refractivity contribution in [2.45, 2.75) is 51.6 Å². The van der Waals surface area contributed by atoms with Crippen molar-refractivity contribution in [2.75, 3.05) is 36.4 Å². The zero-order chi connectivity index (χ0) is 25.4. The Labute approximate surface area is 216 Å². The summed E-state index contributed by atoms with van der Waals surface area (Å²) in [6, 6.07) is 11.2. The summed E-state index contributed by atoms with van der Waals surface area (Å²) in [5.41, 5.74) is 4.63.